The summed E-state index contributed by atoms with van der Waals surface area (Å²) >= 11 is 0. The third-order valence-electron chi connectivity index (χ3n) is 3.04. The molecule has 5 heteroatoms. The van der Waals surface area contributed by atoms with Crippen molar-refractivity contribution in [1.82, 2.24) is 15.3 Å². The smallest absolute Gasteiger partial charge is 0.251 e. The minimum Gasteiger partial charge on any atom is -0.384 e. The number of hydrogen-bond acceptors (Lipinski definition) is 4. The number of amides is 1. The Morgan fingerprint density at radius 2 is 1.95 bits per heavy atom. The lowest BCUT2D eigenvalue weighted by Crippen LogP contribution is -2.25. The Morgan fingerprint density at radius 3 is 2.58 bits per heavy atom. The van der Waals surface area contributed by atoms with Crippen LogP contribution < -0.4 is 11.1 Å². The van der Waals surface area contributed by atoms with Gasteiger partial charge in [-0.05, 0) is 25.0 Å². The largest absolute Gasteiger partial charge is 0.384 e. The van der Waals surface area contributed by atoms with Gasteiger partial charge in [-0.25, -0.2) is 9.97 Å². The maximum absolute atomic E-state index is 11.8. The van der Waals surface area contributed by atoms with E-state index in [0.29, 0.717) is 17.4 Å². The molecule has 2 aromatic rings. The van der Waals surface area contributed by atoms with Crippen LogP contribution in [0.15, 0.2) is 36.7 Å². The lowest BCUT2D eigenvalue weighted by atomic mass is 10.1. The number of hydrogen-bond donors (Lipinski definition) is 2. The molecule has 3 rings (SSSR count). The molecule has 96 valence electrons. The molecule has 0 spiro atoms. The minimum atomic E-state index is -0.0174. The Kier molecular flexibility index (Phi) is 2.87. The van der Waals surface area contributed by atoms with Crippen molar-refractivity contribution in [2.45, 2.75) is 18.9 Å². The molecule has 0 unspecified atom stereocenters. The Balaban J connectivity index is 1.80. The van der Waals surface area contributed by atoms with Gasteiger partial charge in [-0.3, -0.25) is 4.79 Å². The van der Waals surface area contributed by atoms with Gasteiger partial charge in [-0.2, -0.15) is 0 Å². The number of benzene rings is 1. The SMILES string of the molecule is Nc1cc(-c2ccc(C(=O)NC3CC3)cc2)ncn1. The number of nitrogens with zero attached hydrogens (tertiary/aromatic N) is 2. The number of nitrogen functional groups attached to an aromatic ring is 1. The number of nitrogens with one attached hydrogen (secondary N) is 1. The highest BCUT2D eigenvalue weighted by atomic mass is 16.1. The summed E-state index contributed by atoms with van der Waals surface area (Å²) in [5.74, 6) is 0.414. The average molecular weight is 254 g/mol. The lowest BCUT2D eigenvalue weighted by Gasteiger charge is -2.05. The number of rotatable bonds is 3. The normalized spacial score (nSPS) is 14.1. The van der Waals surface area contributed by atoms with E-state index in [0.717, 1.165) is 24.1 Å². The standard InChI is InChI=1S/C14H14N4O/c15-13-7-12(16-8-17-13)9-1-3-10(4-2-9)14(19)18-11-5-6-11/h1-4,7-8,11H,5-6H2,(H,18,19)(H2,15,16,17). The molecule has 0 radical (unpaired) electrons. The molecular weight excluding hydrogens is 240 g/mol. The van der Waals surface area contributed by atoms with Gasteiger partial charge in [-0.1, -0.05) is 12.1 Å². The van der Waals surface area contributed by atoms with Crippen LogP contribution in [-0.2, 0) is 0 Å². The van der Waals surface area contributed by atoms with E-state index in [4.69, 9.17) is 5.73 Å². The zero-order chi connectivity index (χ0) is 13.2. The summed E-state index contributed by atoms with van der Waals surface area (Å²) in [7, 11) is 0. The van der Waals surface area contributed by atoms with E-state index in [1.165, 1.54) is 6.33 Å². The van der Waals surface area contributed by atoms with Gasteiger partial charge in [0.1, 0.15) is 12.1 Å². The molecule has 1 amide bonds. The first-order valence-electron chi connectivity index (χ1n) is 6.21. The van der Waals surface area contributed by atoms with Crippen molar-refractivity contribution >= 4 is 11.7 Å². The number of carbonyl (C=O) groups excluding carboxylic acids is 1. The van der Waals surface area contributed by atoms with Crippen molar-refractivity contribution in [1.29, 1.82) is 0 Å². The molecule has 1 aromatic heterocycles. The fraction of sp³-hybridized carbons (Fsp3) is 0.214. The first-order chi connectivity index (χ1) is 9.22. The van der Waals surface area contributed by atoms with Gasteiger partial charge in [0.25, 0.3) is 5.91 Å². The second-order valence-electron chi connectivity index (χ2n) is 4.65. The van der Waals surface area contributed by atoms with E-state index < -0.39 is 0 Å². The molecule has 1 aliphatic rings. The Labute approximate surface area is 110 Å². The maximum Gasteiger partial charge on any atom is 0.251 e. The van der Waals surface area contributed by atoms with E-state index in [9.17, 15) is 4.79 Å². The molecule has 3 N–H and O–H groups in total. The van der Waals surface area contributed by atoms with E-state index in [1.807, 2.05) is 12.1 Å². The van der Waals surface area contributed by atoms with E-state index in [1.54, 1.807) is 18.2 Å². The van der Waals surface area contributed by atoms with Gasteiger partial charge >= 0.3 is 0 Å². The quantitative estimate of drug-likeness (QED) is 0.872. The zero-order valence-electron chi connectivity index (χ0n) is 10.3. The predicted molar refractivity (Wildman–Crippen MR) is 72.4 cm³/mol. The summed E-state index contributed by atoms with van der Waals surface area (Å²) in [5, 5.41) is 2.95. The monoisotopic (exact) mass is 254 g/mol. The Morgan fingerprint density at radius 1 is 1.21 bits per heavy atom. The molecule has 1 saturated carbocycles. The number of nitrogens with two attached hydrogens (primary N) is 1. The summed E-state index contributed by atoms with van der Waals surface area (Å²) in [6.45, 7) is 0. The van der Waals surface area contributed by atoms with Crippen molar-refractivity contribution in [3.63, 3.8) is 0 Å². The number of carbonyl (C=O) groups is 1. The number of anilines is 1. The molecule has 1 heterocycles. The maximum atomic E-state index is 11.8. The van der Waals surface area contributed by atoms with Gasteiger partial charge < -0.3 is 11.1 Å². The topological polar surface area (TPSA) is 80.9 Å². The van der Waals surface area contributed by atoms with Crippen LogP contribution in [0.2, 0.25) is 0 Å². The molecule has 1 fully saturated rings. The van der Waals surface area contributed by atoms with Crippen molar-refractivity contribution in [2.24, 2.45) is 0 Å². The van der Waals surface area contributed by atoms with Gasteiger partial charge in [-0.15, -0.1) is 0 Å². The second kappa shape index (κ2) is 4.68. The number of aromatic nitrogens is 2. The second-order valence-corrected chi connectivity index (χ2v) is 4.65. The van der Waals surface area contributed by atoms with Crippen LogP contribution in [0.4, 0.5) is 5.82 Å². The third kappa shape index (κ3) is 2.70. The van der Waals surface area contributed by atoms with Crippen LogP contribution in [0, 0.1) is 0 Å². The van der Waals surface area contributed by atoms with Crippen LogP contribution in [0.3, 0.4) is 0 Å². The van der Waals surface area contributed by atoms with Gasteiger partial charge in [0.2, 0.25) is 0 Å². The summed E-state index contributed by atoms with van der Waals surface area (Å²) in [4.78, 5) is 19.8. The molecule has 0 atom stereocenters. The lowest BCUT2D eigenvalue weighted by molar-refractivity contribution is 0.0951. The Hall–Kier alpha value is -2.43. The molecule has 1 aromatic carbocycles. The van der Waals surface area contributed by atoms with Crippen molar-refractivity contribution in [2.75, 3.05) is 5.73 Å². The summed E-state index contributed by atoms with van der Waals surface area (Å²) in [6, 6.07) is 9.40. The van der Waals surface area contributed by atoms with Gasteiger partial charge in [0.05, 0.1) is 5.69 Å². The molecule has 5 nitrogen and oxygen atoms in total. The molecule has 0 aliphatic heterocycles. The van der Waals surface area contributed by atoms with Gasteiger partial charge in [0, 0.05) is 23.2 Å². The highest BCUT2D eigenvalue weighted by molar-refractivity contribution is 5.95. The van der Waals surface area contributed by atoms with Crippen LogP contribution in [0.5, 0.6) is 0 Å². The fourth-order valence-corrected chi connectivity index (χ4v) is 1.82. The third-order valence-corrected chi connectivity index (χ3v) is 3.04. The highest BCUT2D eigenvalue weighted by Crippen LogP contribution is 2.21. The average Bonchev–Trinajstić information content (AvgIpc) is 3.23. The van der Waals surface area contributed by atoms with Crippen LogP contribution in [-0.4, -0.2) is 21.9 Å². The summed E-state index contributed by atoms with van der Waals surface area (Å²) in [6.07, 6.45) is 3.60. The van der Waals surface area contributed by atoms with Crippen molar-refractivity contribution in [3.05, 3.63) is 42.2 Å². The van der Waals surface area contributed by atoms with Crippen LogP contribution >= 0.6 is 0 Å². The first-order valence-corrected chi connectivity index (χ1v) is 6.21. The van der Waals surface area contributed by atoms with E-state index in [-0.39, 0.29) is 5.91 Å². The molecule has 0 saturated heterocycles. The summed E-state index contributed by atoms with van der Waals surface area (Å²) < 4.78 is 0. The first kappa shape index (κ1) is 11.6. The predicted octanol–water partition coefficient (Wildman–Crippen LogP) is 1.62. The van der Waals surface area contributed by atoms with Crippen molar-refractivity contribution in [3.8, 4) is 11.3 Å². The van der Waals surface area contributed by atoms with E-state index >= 15 is 0 Å². The van der Waals surface area contributed by atoms with Crippen LogP contribution in [0.25, 0.3) is 11.3 Å². The minimum absolute atomic E-state index is 0.0174. The zero-order valence-corrected chi connectivity index (χ0v) is 10.3. The molecule has 19 heavy (non-hydrogen) atoms. The molecule has 0 bridgehead atoms. The van der Waals surface area contributed by atoms with Gasteiger partial charge in [0.15, 0.2) is 0 Å². The van der Waals surface area contributed by atoms with E-state index in [2.05, 4.69) is 15.3 Å². The summed E-state index contributed by atoms with van der Waals surface area (Å²) in [5.41, 5.74) is 7.95. The molecule has 1 aliphatic carbocycles. The molecular formula is C14H14N4O. The van der Waals surface area contributed by atoms with Crippen molar-refractivity contribution < 1.29 is 4.79 Å². The fourth-order valence-electron chi connectivity index (χ4n) is 1.82. The van der Waals surface area contributed by atoms with Crippen LogP contribution in [0.1, 0.15) is 23.2 Å². The Bertz CT molecular complexity index is 605. The highest BCUT2D eigenvalue weighted by Gasteiger charge is 2.23.